The lowest BCUT2D eigenvalue weighted by Crippen LogP contribution is -2.07. The predicted octanol–water partition coefficient (Wildman–Crippen LogP) is 2.16. The van der Waals surface area contributed by atoms with Gasteiger partial charge < -0.3 is 5.73 Å². The summed E-state index contributed by atoms with van der Waals surface area (Å²) >= 11 is 0. The van der Waals surface area contributed by atoms with E-state index in [2.05, 4.69) is 0 Å². The summed E-state index contributed by atoms with van der Waals surface area (Å²) in [7, 11) is 0. The van der Waals surface area contributed by atoms with Crippen LogP contribution in [0.2, 0.25) is 0 Å². The van der Waals surface area contributed by atoms with E-state index >= 15 is 0 Å². The molecule has 0 aromatic heterocycles. The molecule has 0 aliphatic carbocycles. The second-order valence-corrected chi connectivity index (χ2v) is 3.23. The van der Waals surface area contributed by atoms with Crippen molar-refractivity contribution < 1.29 is 13.6 Å². The van der Waals surface area contributed by atoms with Crippen LogP contribution in [0, 0.1) is 18.6 Å². The maximum absolute atomic E-state index is 13.1. The molecule has 2 N–H and O–H groups in total. The second-order valence-electron chi connectivity index (χ2n) is 3.23. The minimum atomic E-state index is -0.917. The van der Waals surface area contributed by atoms with Crippen LogP contribution in [-0.2, 0) is 4.79 Å². The molecule has 0 aliphatic rings. The topological polar surface area (TPSA) is 43.1 Å². The predicted molar refractivity (Wildman–Crippen MR) is 53.9 cm³/mol. The molecule has 0 unspecified atom stereocenters. The zero-order chi connectivity index (χ0) is 11.6. The van der Waals surface area contributed by atoms with Gasteiger partial charge in [-0.3, -0.25) is 4.79 Å². The normalized spacial score (nSPS) is 11.6. The quantitative estimate of drug-likeness (QED) is 0.762. The molecule has 0 bridgehead atoms. The Hall–Kier alpha value is -1.71. The highest BCUT2D eigenvalue weighted by Crippen LogP contribution is 2.17. The Morgan fingerprint density at radius 1 is 1.40 bits per heavy atom. The van der Waals surface area contributed by atoms with E-state index in [0.29, 0.717) is 5.56 Å². The van der Waals surface area contributed by atoms with Crippen LogP contribution < -0.4 is 5.73 Å². The first-order chi connectivity index (χ1) is 6.93. The summed E-state index contributed by atoms with van der Waals surface area (Å²) in [6, 6.07) is 2.38. The van der Waals surface area contributed by atoms with Crippen LogP contribution in [0.4, 0.5) is 8.78 Å². The number of Topliss-reactive ketones (excluding diaryl/α,β-unsaturated/α-hetero) is 1. The van der Waals surface area contributed by atoms with Gasteiger partial charge in [0.2, 0.25) is 0 Å². The average molecular weight is 211 g/mol. The third kappa shape index (κ3) is 2.40. The minimum absolute atomic E-state index is 0.0177. The molecule has 1 aromatic rings. The average Bonchev–Trinajstić information content (AvgIpc) is 2.18. The largest absolute Gasteiger partial charge is 0.396 e. The Morgan fingerprint density at radius 2 is 2.00 bits per heavy atom. The Morgan fingerprint density at radius 3 is 2.53 bits per heavy atom. The van der Waals surface area contributed by atoms with Gasteiger partial charge in [-0.25, -0.2) is 8.78 Å². The lowest BCUT2D eigenvalue weighted by atomic mass is 10.1. The van der Waals surface area contributed by atoms with Gasteiger partial charge >= 0.3 is 0 Å². The monoisotopic (exact) mass is 211 g/mol. The van der Waals surface area contributed by atoms with Crippen molar-refractivity contribution in [1.82, 2.24) is 0 Å². The van der Waals surface area contributed by atoms with Crippen LogP contribution in [0.15, 0.2) is 17.8 Å². The van der Waals surface area contributed by atoms with Crippen molar-refractivity contribution in [2.24, 2.45) is 5.73 Å². The molecule has 0 aliphatic heterocycles. The zero-order valence-corrected chi connectivity index (χ0v) is 8.47. The number of ketones is 1. The number of rotatable bonds is 2. The van der Waals surface area contributed by atoms with E-state index < -0.39 is 11.6 Å². The molecular weight excluding hydrogens is 200 g/mol. The molecule has 0 atom stereocenters. The van der Waals surface area contributed by atoms with Crippen LogP contribution in [-0.4, -0.2) is 5.78 Å². The van der Waals surface area contributed by atoms with Crippen molar-refractivity contribution in [3.05, 3.63) is 40.6 Å². The van der Waals surface area contributed by atoms with Crippen LogP contribution in [0.1, 0.15) is 18.1 Å². The van der Waals surface area contributed by atoms with Crippen molar-refractivity contribution in [3.63, 3.8) is 0 Å². The fourth-order valence-corrected chi connectivity index (χ4v) is 1.09. The van der Waals surface area contributed by atoms with Crippen LogP contribution >= 0.6 is 0 Å². The number of halogens is 2. The summed E-state index contributed by atoms with van der Waals surface area (Å²) in [4.78, 5) is 10.9. The van der Waals surface area contributed by atoms with Gasteiger partial charge in [0.1, 0.15) is 0 Å². The first-order valence-corrected chi connectivity index (χ1v) is 4.36. The Bertz CT molecular complexity index is 438. The zero-order valence-electron chi connectivity index (χ0n) is 8.47. The molecule has 15 heavy (non-hydrogen) atoms. The van der Waals surface area contributed by atoms with Gasteiger partial charge in [0.15, 0.2) is 17.4 Å². The fraction of sp³-hybridized carbons (Fsp3) is 0.182. The molecule has 1 rings (SSSR count). The van der Waals surface area contributed by atoms with E-state index in [1.165, 1.54) is 26.0 Å². The number of carbonyl (C=O) groups excluding carboxylic acids is 1. The van der Waals surface area contributed by atoms with Crippen molar-refractivity contribution in [2.75, 3.05) is 0 Å². The van der Waals surface area contributed by atoms with Gasteiger partial charge in [0, 0.05) is 6.92 Å². The van der Waals surface area contributed by atoms with E-state index in [1.54, 1.807) is 0 Å². The molecule has 0 spiro atoms. The highest BCUT2D eigenvalue weighted by atomic mass is 19.2. The van der Waals surface area contributed by atoms with Gasteiger partial charge in [-0.1, -0.05) is 6.07 Å². The molecule has 0 amide bonds. The molecule has 0 heterocycles. The van der Waals surface area contributed by atoms with Crippen LogP contribution in [0.3, 0.4) is 0 Å². The van der Waals surface area contributed by atoms with E-state index in [4.69, 9.17) is 5.73 Å². The van der Waals surface area contributed by atoms with E-state index in [-0.39, 0.29) is 17.0 Å². The standard InChI is InChI=1S/C11H11F2NO/c1-6-8(5-10(14)7(2)15)3-4-9(12)11(6)13/h3-5H,14H2,1-2H3/b10-5-. The Labute approximate surface area is 86.4 Å². The van der Waals surface area contributed by atoms with Crippen molar-refractivity contribution in [1.29, 1.82) is 0 Å². The smallest absolute Gasteiger partial charge is 0.175 e. The third-order valence-corrected chi connectivity index (χ3v) is 2.10. The van der Waals surface area contributed by atoms with Gasteiger partial charge in [-0.2, -0.15) is 0 Å². The van der Waals surface area contributed by atoms with Gasteiger partial charge in [0.05, 0.1) is 5.70 Å². The molecule has 0 saturated heterocycles. The second kappa shape index (κ2) is 4.21. The number of allylic oxidation sites excluding steroid dienone is 1. The molecule has 4 heteroatoms. The third-order valence-electron chi connectivity index (χ3n) is 2.10. The Balaban J connectivity index is 3.23. The number of nitrogens with two attached hydrogens (primary N) is 1. The minimum Gasteiger partial charge on any atom is -0.396 e. The van der Waals surface area contributed by atoms with Gasteiger partial charge in [0.25, 0.3) is 0 Å². The Kier molecular flexibility index (Phi) is 3.19. The highest BCUT2D eigenvalue weighted by molar-refractivity contribution is 5.96. The number of carbonyl (C=O) groups is 1. The first kappa shape index (κ1) is 11.4. The lowest BCUT2D eigenvalue weighted by molar-refractivity contribution is -0.113. The maximum Gasteiger partial charge on any atom is 0.175 e. The maximum atomic E-state index is 13.1. The van der Waals surface area contributed by atoms with E-state index in [1.807, 2.05) is 0 Å². The van der Waals surface area contributed by atoms with E-state index in [9.17, 15) is 13.6 Å². The van der Waals surface area contributed by atoms with Crippen LogP contribution in [0.5, 0.6) is 0 Å². The highest BCUT2D eigenvalue weighted by Gasteiger charge is 2.08. The van der Waals surface area contributed by atoms with Gasteiger partial charge in [-0.05, 0) is 30.2 Å². The molecule has 2 nitrogen and oxygen atoms in total. The number of hydrogen-bond acceptors (Lipinski definition) is 2. The molecular formula is C11H11F2NO. The lowest BCUT2D eigenvalue weighted by Gasteiger charge is -2.03. The van der Waals surface area contributed by atoms with E-state index in [0.717, 1.165) is 6.07 Å². The summed E-state index contributed by atoms with van der Waals surface area (Å²) in [6.45, 7) is 2.73. The fourth-order valence-electron chi connectivity index (χ4n) is 1.09. The SMILES string of the molecule is CC(=O)/C(N)=C/c1ccc(F)c(F)c1C. The molecule has 0 radical (unpaired) electrons. The number of benzene rings is 1. The van der Waals surface area contributed by atoms with Gasteiger partial charge in [-0.15, -0.1) is 0 Å². The van der Waals surface area contributed by atoms with Crippen molar-refractivity contribution >= 4 is 11.9 Å². The molecule has 0 fully saturated rings. The van der Waals surface area contributed by atoms with Crippen molar-refractivity contribution in [2.45, 2.75) is 13.8 Å². The number of hydrogen-bond donors (Lipinski definition) is 1. The molecule has 0 saturated carbocycles. The van der Waals surface area contributed by atoms with Crippen molar-refractivity contribution in [3.8, 4) is 0 Å². The molecule has 1 aromatic carbocycles. The van der Waals surface area contributed by atoms with Crippen LogP contribution in [0.25, 0.3) is 6.08 Å². The summed E-state index contributed by atoms with van der Waals surface area (Å²) in [5.74, 6) is -2.13. The summed E-state index contributed by atoms with van der Waals surface area (Å²) in [5, 5.41) is 0. The summed E-state index contributed by atoms with van der Waals surface area (Å²) in [5.41, 5.74) is 5.96. The molecule has 80 valence electrons. The summed E-state index contributed by atoms with van der Waals surface area (Å²) in [6.07, 6.45) is 1.33. The summed E-state index contributed by atoms with van der Waals surface area (Å²) < 4.78 is 25.9. The first-order valence-electron chi connectivity index (χ1n) is 4.36.